The molecule has 0 saturated heterocycles. The number of carbonyl (C=O) groups is 1. The number of aryl methyl sites for hydroxylation is 1. The molecule has 2 heterocycles. The molecule has 0 saturated carbocycles. The van der Waals surface area contributed by atoms with Gasteiger partial charge in [-0.2, -0.15) is 4.52 Å². The number of benzene rings is 1. The molecule has 0 aliphatic rings. The number of nitrogens with zero attached hydrogens (tertiary/aromatic N) is 4. The van der Waals surface area contributed by atoms with Crippen molar-refractivity contribution in [3.63, 3.8) is 0 Å². The molecule has 0 spiro atoms. The molecule has 3 rings (SSSR count). The van der Waals surface area contributed by atoms with Crippen LogP contribution in [-0.4, -0.2) is 39.1 Å². The van der Waals surface area contributed by atoms with Crippen molar-refractivity contribution in [3.05, 3.63) is 42.2 Å². The van der Waals surface area contributed by atoms with E-state index in [9.17, 15) is 4.79 Å². The Morgan fingerprint density at radius 2 is 2.17 bits per heavy atom. The number of fused-ring (bicyclic) bond motifs is 1. The number of amides is 1. The van der Waals surface area contributed by atoms with E-state index < -0.39 is 0 Å². The number of ether oxygens (including phenoxy) is 1. The van der Waals surface area contributed by atoms with E-state index in [0.717, 1.165) is 10.6 Å². The van der Waals surface area contributed by atoms with Crippen molar-refractivity contribution < 1.29 is 9.53 Å². The lowest BCUT2D eigenvalue weighted by Gasteiger charge is -2.06. The number of anilines is 1. The molecule has 2 aromatic heterocycles. The maximum absolute atomic E-state index is 12.1. The average Bonchev–Trinajstić information content (AvgIpc) is 3.02. The highest BCUT2D eigenvalue weighted by Gasteiger charge is 2.11. The van der Waals surface area contributed by atoms with Gasteiger partial charge < -0.3 is 10.1 Å². The van der Waals surface area contributed by atoms with Gasteiger partial charge in [0.1, 0.15) is 0 Å². The van der Waals surface area contributed by atoms with E-state index in [1.54, 1.807) is 35.5 Å². The fourth-order valence-corrected chi connectivity index (χ4v) is 2.69. The lowest BCUT2D eigenvalue weighted by molar-refractivity contribution is -0.116. The highest BCUT2D eigenvalue weighted by molar-refractivity contribution is 7.98. The van der Waals surface area contributed by atoms with E-state index in [-0.39, 0.29) is 5.91 Å². The second kappa shape index (κ2) is 7.31. The summed E-state index contributed by atoms with van der Waals surface area (Å²) in [5.74, 6) is 1.02. The summed E-state index contributed by atoms with van der Waals surface area (Å²) >= 11 is 1.63. The van der Waals surface area contributed by atoms with Crippen LogP contribution in [0.25, 0.3) is 5.65 Å². The summed E-state index contributed by atoms with van der Waals surface area (Å²) in [6.07, 6.45) is 2.73. The van der Waals surface area contributed by atoms with E-state index in [2.05, 4.69) is 20.6 Å². The number of aromatic nitrogens is 4. The van der Waals surface area contributed by atoms with Crippen LogP contribution in [0.3, 0.4) is 0 Å². The second-order valence-electron chi connectivity index (χ2n) is 5.04. The standard InChI is InChI=1S/C16H17N5O2S/c1-23-16-9-7-14-19-18-13(21(14)20-16)6-8-15(22)17-11-4-3-5-12(10-11)24-2/h3-5,7,9-10H,6,8H2,1-2H3,(H,17,22). The Labute approximate surface area is 143 Å². The Morgan fingerprint density at radius 1 is 1.29 bits per heavy atom. The Kier molecular flexibility index (Phi) is 4.95. The first-order valence-electron chi connectivity index (χ1n) is 7.39. The van der Waals surface area contributed by atoms with Crippen LogP contribution in [0, 0.1) is 0 Å². The van der Waals surface area contributed by atoms with Gasteiger partial charge in [0.05, 0.1) is 7.11 Å². The van der Waals surface area contributed by atoms with Gasteiger partial charge in [-0.05, 0) is 30.5 Å². The summed E-state index contributed by atoms with van der Waals surface area (Å²) < 4.78 is 6.70. The molecular weight excluding hydrogens is 326 g/mol. The van der Waals surface area contributed by atoms with E-state index in [1.807, 2.05) is 30.5 Å². The van der Waals surface area contributed by atoms with Crippen molar-refractivity contribution in [2.75, 3.05) is 18.7 Å². The summed E-state index contributed by atoms with van der Waals surface area (Å²) in [6.45, 7) is 0. The van der Waals surface area contributed by atoms with E-state index >= 15 is 0 Å². The van der Waals surface area contributed by atoms with Crippen LogP contribution in [0.5, 0.6) is 5.88 Å². The SMILES string of the molecule is COc1ccc2nnc(CCC(=O)Nc3cccc(SC)c3)n2n1. The Bertz CT molecular complexity index is 865. The smallest absolute Gasteiger partial charge is 0.231 e. The molecule has 3 aromatic rings. The van der Waals surface area contributed by atoms with Gasteiger partial charge in [-0.25, -0.2) is 0 Å². The van der Waals surface area contributed by atoms with Crippen LogP contribution < -0.4 is 10.1 Å². The zero-order valence-electron chi connectivity index (χ0n) is 13.4. The van der Waals surface area contributed by atoms with Gasteiger partial charge in [0.2, 0.25) is 11.8 Å². The molecule has 0 aliphatic heterocycles. The van der Waals surface area contributed by atoms with Crippen LogP contribution in [0.15, 0.2) is 41.3 Å². The topological polar surface area (TPSA) is 81.4 Å². The number of carbonyl (C=O) groups excluding carboxylic acids is 1. The number of hydrogen-bond acceptors (Lipinski definition) is 6. The summed E-state index contributed by atoms with van der Waals surface area (Å²) in [6, 6.07) is 11.2. The van der Waals surface area contributed by atoms with Gasteiger partial charge in [0.15, 0.2) is 11.5 Å². The minimum absolute atomic E-state index is 0.0760. The van der Waals surface area contributed by atoms with Crippen molar-refractivity contribution in [1.82, 2.24) is 19.8 Å². The Hall–Kier alpha value is -2.61. The first kappa shape index (κ1) is 16.3. The molecule has 7 nitrogen and oxygen atoms in total. The minimum Gasteiger partial charge on any atom is -0.480 e. The van der Waals surface area contributed by atoms with Gasteiger partial charge in [0, 0.05) is 29.5 Å². The second-order valence-corrected chi connectivity index (χ2v) is 5.92. The van der Waals surface area contributed by atoms with Gasteiger partial charge in [0.25, 0.3) is 0 Å². The fourth-order valence-electron chi connectivity index (χ4n) is 2.23. The average molecular weight is 343 g/mol. The molecule has 1 aromatic carbocycles. The van der Waals surface area contributed by atoms with Crippen LogP contribution in [0.2, 0.25) is 0 Å². The van der Waals surface area contributed by atoms with Gasteiger partial charge in [-0.15, -0.1) is 27.1 Å². The lowest BCUT2D eigenvalue weighted by Crippen LogP contribution is -2.13. The molecule has 0 radical (unpaired) electrons. The monoisotopic (exact) mass is 343 g/mol. The highest BCUT2D eigenvalue weighted by atomic mass is 32.2. The maximum atomic E-state index is 12.1. The Morgan fingerprint density at radius 3 is 2.96 bits per heavy atom. The zero-order chi connectivity index (χ0) is 16.9. The maximum Gasteiger partial charge on any atom is 0.231 e. The van der Waals surface area contributed by atoms with E-state index in [0.29, 0.717) is 30.2 Å². The van der Waals surface area contributed by atoms with Crippen LogP contribution in [0.4, 0.5) is 5.69 Å². The molecular formula is C16H17N5O2S. The number of rotatable bonds is 6. The molecule has 1 N–H and O–H groups in total. The fraction of sp³-hybridized carbons (Fsp3) is 0.250. The molecule has 0 atom stereocenters. The highest BCUT2D eigenvalue weighted by Crippen LogP contribution is 2.19. The number of hydrogen-bond donors (Lipinski definition) is 1. The predicted molar refractivity (Wildman–Crippen MR) is 92.5 cm³/mol. The molecule has 1 amide bonds. The van der Waals surface area contributed by atoms with Gasteiger partial charge in [-0.1, -0.05) is 6.07 Å². The zero-order valence-corrected chi connectivity index (χ0v) is 14.2. The number of nitrogens with one attached hydrogen (secondary N) is 1. The summed E-state index contributed by atoms with van der Waals surface area (Å²) in [5, 5.41) is 15.3. The van der Waals surface area contributed by atoms with Crippen molar-refractivity contribution >= 4 is 29.0 Å². The molecule has 124 valence electrons. The molecule has 24 heavy (non-hydrogen) atoms. The third-order valence-electron chi connectivity index (χ3n) is 3.44. The molecule has 8 heteroatoms. The first-order chi connectivity index (χ1) is 11.7. The van der Waals surface area contributed by atoms with Crippen LogP contribution in [-0.2, 0) is 11.2 Å². The lowest BCUT2D eigenvalue weighted by atomic mass is 10.2. The predicted octanol–water partition coefficient (Wildman–Crippen LogP) is 2.43. The number of methoxy groups -OCH3 is 1. The van der Waals surface area contributed by atoms with E-state index in [4.69, 9.17) is 4.74 Å². The van der Waals surface area contributed by atoms with Crippen molar-refractivity contribution in [3.8, 4) is 5.88 Å². The normalized spacial score (nSPS) is 10.8. The Balaban J connectivity index is 1.65. The van der Waals surface area contributed by atoms with Crippen LogP contribution >= 0.6 is 11.8 Å². The van der Waals surface area contributed by atoms with Crippen molar-refractivity contribution in [2.45, 2.75) is 17.7 Å². The first-order valence-corrected chi connectivity index (χ1v) is 8.61. The van der Waals surface area contributed by atoms with Gasteiger partial charge in [-0.3, -0.25) is 4.79 Å². The van der Waals surface area contributed by atoms with Gasteiger partial charge >= 0.3 is 0 Å². The third-order valence-corrected chi connectivity index (χ3v) is 4.17. The van der Waals surface area contributed by atoms with Crippen molar-refractivity contribution in [1.29, 1.82) is 0 Å². The van der Waals surface area contributed by atoms with Crippen LogP contribution in [0.1, 0.15) is 12.2 Å². The summed E-state index contributed by atoms with van der Waals surface area (Å²) in [7, 11) is 1.55. The molecule has 0 aliphatic carbocycles. The van der Waals surface area contributed by atoms with Crippen molar-refractivity contribution in [2.24, 2.45) is 0 Å². The number of thioether (sulfide) groups is 1. The molecule has 0 bridgehead atoms. The quantitative estimate of drug-likeness (QED) is 0.692. The largest absolute Gasteiger partial charge is 0.480 e. The molecule has 0 fully saturated rings. The third kappa shape index (κ3) is 3.65. The van der Waals surface area contributed by atoms with E-state index in [1.165, 1.54) is 0 Å². The summed E-state index contributed by atoms with van der Waals surface area (Å²) in [4.78, 5) is 13.3. The minimum atomic E-state index is -0.0760. The summed E-state index contributed by atoms with van der Waals surface area (Å²) in [5.41, 5.74) is 1.41. The molecule has 0 unspecified atom stereocenters.